The highest BCUT2D eigenvalue weighted by Crippen LogP contribution is 2.23. The van der Waals surface area contributed by atoms with Crippen molar-refractivity contribution in [1.29, 1.82) is 0 Å². The van der Waals surface area contributed by atoms with Crippen LogP contribution in [0.4, 0.5) is 5.69 Å². The zero-order chi connectivity index (χ0) is 17.2. The third-order valence-corrected chi connectivity index (χ3v) is 5.59. The number of para-hydroxylation sites is 1. The molecule has 3 aromatic rings. The van der Waals surface area contributed by atoms with Gasteiger partial charge in [-0.2, -0.15) is 0 Å². The number of aromatic nitrogens is 1. The predicted molar refractivity (Wildman–Crippen MR) is 96.8 cm³/mol. The van der Waals surface area contributed by atoms with Crippen LogP contribution in [0.15, 0.2) is 65.7 Å². The van der Waals surface area contributed by atoms with E-state index in [0.29, 0.717) is 17.0 Å². The molecule has 1 aromatic heterocycles. The SMILES string of the molecule is CS(=O)Cc1ccccc1NS(=O)(=O)c1ccc2ncccc2c1. The average molecular weight is 360 g/mol. The van der Waals surface area contributed by atoms with Crippen LogP contribution in [0.5, 0.6) is 0 Å². The Labute approximate surface area is 143 Å². The van der Waals surface area contributed by atoms with Crippen molar-refractivity contribution in [3.63, 3.8) is 0 Å². The Balaban J connectivity index is 1.97. The van der Waals surface area contributed by atoms with Crippen LogP contribution in [0.1, 0.15) is 5.56 Å². The van der Waals surface area contributed by atoms with E-state index in [-0.39, 0.29) is 4.90 Å². The summed E-state index contributed by atoms with van der Waals surface area (Å²) in [5.41, 5.74) is 1.88. The number of benzene rings is 2. The first-order valence-corrected chi connectivity index (χ1v) is 10.4. The quantitative estimate of drug-likeness (QED) is 0.759. The van der Waals surface area contributed by atoms with Gasteiger partial charge in [0.1, 0.15) is 0 Å². The molecular weight excluding hydrogens is 344 g/mol. The molecule has 0 aliphatic carbocycles. The third kappa shape index (κ3) is 3.63. The number of hydrogen-bond acceptors (Lipinski definition) is 4. The molecule has 0 bridgehead atoms. The Morgan fingerprint density at radius 3 is 2.67 bits per heavy atom. The molecule has 2 aromatic carbocycles. The highest BCUT2D eigenvalue weighted by Gasteiger charge is 2.16. The average Bonchev–Trinajstić information content (AvgIpc) is 2.55. The van der Waals surface area contributed by atoms with E-state index in [1.165, 1.54) is 6.07 Å². The molecule has 3 rings (SSSR count). The van der Waals surface area contributed by atoms with Crippen molar-refractivity contribution in [2.24, 2.45) is 0 Å². The molecule has 0 aliphatic rings. The lowest BCUT2D eigenvalue weighted by molar-refractivity contribution is 0.601. The van der Waals surface area contributed by atoms with Crippen LogP contribution in [-0.4, -0.2) is 23.9 Å². The van der Waals surface area contributed by atoms with E-state index in [2.05, 4.69) is 9.71 Å². The Morgan fingerprint density at radius 1 is 1.08 bits per heavy atom. The molecule has 1 atom stereocenters. The van der Waals surface area contributed by atoms with Crippen molar-refractivity contribution in [2.75, 3.05) is 11.0 Å². The fraction of sp³-hybridized carbons (Fsp3) is 0.118. The van der Waals surface area contributed by atoms with Crippen molar-refractivity contribution < 1.29 is 12.6 Å². The van der Waals surface area contributed by atoms with Gasteiger partial charge in [0.2, 0.25) is 0 Å². The van der Waals surface area contributed by atoms with E-state index >= 15 is 0 Å². The molecule has 0 amide bonds. The van der Waals surface area contributed by atoms with Gasteiger partial charge in [0, 0.05) is 28.6 Å². The van der Waals surface area contributed by atoms with E-state index in [9.17, 15) is 12.6 Å². The van der Waals surface area contributed by atoms with Gasteiger partial charge in [0.25, 0.3) is 10.0 Å². The van der Waals surface area contributed by atoms with Gasteiger partial charge in [-0.1, -0.05) is 24.3 Å². The van der Waals surface area contributed by atoms with Crippen molar-refractivity contribution in [3.8, 4) is 0 Å². The summed E-state index contributed by atoms with van der Waals surface area (Å²) in [6, 6.07) is 15.3. The Morgan fingerprint density at radius 2 is 1.88 bits per heavy atom. The minimum absolute atomic E-state index is 0.162. The molecule has 1 heterocycles. The number of nitrogens with zero attached hydrogens (tertiary/aromatic N) is 1. The van der Waals surface area contributed by atoms with Crippen LogP contribution in [0.25, 0.3) is 10.9 Å². The van der Waals surface area contributed by atoms with Crippen molar-refractivity contribution in [2.45, 2.75) is 10.6 Å². The Kier molecular flexibility index (Phi) is 4.64. The van der Waals surface area contributed by atoms with Crippen LogP contribution in [0.2, 0.25) is 0 Å². The highest BCUT2D eigenvalue weighted by molar-refractivity contribution is 7.92. The zero-order valence-corrected chi connectivity index (χ0v) is 14.6. The molecule has 1 N–H and O–H groups in total. The Hall–Kier alpha value is -2.25. The molecule has 0 radical (unpaired) electrons. The van der Waals surface area contributed by atoms with Gasteiger partial charge < -0.3 is 0 Å². The van der Waals surface area contributed by atoms with E-state index in [0.717, 1.165) is 10.9 Å². The lowest BCUT2D eigenvalue weighted by Gasteiger charge is -2.12. The molecule has 0 saturated heterocycles. The zero-order valence-electron chi connectivity index (χ0n) is 13.0. The van der Waals surface area contributed by atoms with Gasteiger partial charge in [-0.15, -0.1) is 0 Å². The maximum Gasteiger partial charge on any atom is 0.261 e. The lowest BCUT2D eigenvalue weighted by atomic mass is 10.2. The molecule has 0 saturated carbocycles. The largest absolute Gasteiger partial charge is 0.279 e. The van der Waals surface area contributed by atoms with Gasteiger partial charge in [-0.3, -0.25) is 13.9 Å². The van der Waals surface area contributed by atoms with E-state index in [1.54, 1.807) is 54.9 Å². The summed E-state index contributed by atoms with van der Waals surface area (Å²) in [6.07, 6.45) is 3.25. The van der Waals surface area contributed by atoms with Gasteiger partial charge >= 0.3 is 0 Å². The van der Waals surface area contributed by atoms with Crippen LogP contribution in [0.3, 0.4) is 0 Å². The molecular formula is C17H16N2O3S2. The number of nitrogens with one attached hydrogen (secondary N) is 1. The summed E-state index contributed by atoms with van der Waals surface area (Å²) in [5, 5.41) is 0.753. The number of pyridine rings is 1. The fourth-order valence-electron chi connectivity index (χ4n) is 2.39. The first kappa shape index (κ1) is 16.6. The van der Waals surface area contributed by atoms with E-state index in [4.69, 9.17) is 0 Å². The Bertz CT molecular complexity index is 1020. The predicted octanol–water partition coefficient (Wildman–Crippen LogP) is 2.91. The minimum atomic E-state index is -3.74. The first-order valence-electron chi connectivity index (χ1n) is 7.21. The smallest absolute Gasteiger partial charge is 0.261 e. The summed E-state index contributed by atoms with van der Waals surface area (Å²) >= 11 is 0. The first-order chi connectivity index (χ1) is 11.5. The molecule has 24 heavy (non-hydrogen) atoms. The van der Waals surface area contributed by atoms with Crippen LogP contribution in [0, 0.1) is 0 Å². The fourth-order valence-corrected chi connectivity index (χ4v) is 4.21. The van der Waals surface area contributed by atoms with Crippen molar-refractivity contribution in [1.82, 2.24) is 4.98 Å². The van der Waals surface area contributed by atoms with Crippen LogP contribution >= 0.6 is 0 Å². The standard InChI is InChI=1S/C17H16N2O3S2/c1-23(20)12-14-5-2-3-7-17(14)19-24(21,22)15-8-9-16-13(11-15)6-4-10-18-16/h2-11,19H,12H2,1H3. The highest BCUT2D eigenvalue weighted by atomic mass is 32.2. The molecule has 0 spiro atoms. The molecule has 0 aliphatic heterocycles. The summed E-state index contributed by atoms with van der Waals surface area (Å²) < 4.78 is 39.4. The van der Waals surface area contributed by atoms with Crippen molar-refractivity contribution in [3.05, 3.63) is 66.4 Å². The number of anilines is 1. The molecule has 5 nitrogen and oxygen atoms in total. The van der Waals surface area contributed by atoms with Crippen LogP contribution in [-0.2, 0) is 26.6 Å². The van der Waals surface area contributed by atoms with E-state index in [1.807, 2.05) is 6.07 Å². The summed E-state index contributed by atoms with van der Waals surface area (Å²) in [6.45, 7) is 0. The second kappa shape index (κ2) is 6.70. The van der Waals surface area contributed by atoms with Gasteiger partial charge in [0.05, 0.1) is 21.9 Å². The minimum Gasteiger partial charge on any atom is -0.279 e. The second-order valence-corrected chi connectivity index (χ2v) is 8.46. The summed E-state index contributed by atoms with van der Waals surface area (Å²) in [7, 11) is -4.80. The lowest BCUT2D eigenvalue weighted by Crippen LogP contribution is -2.14. The second-order valence-electron chi connectivity index (χ2n) is 5.34. The monoisotopic (exact) mass is 360 g/mol. The number of hydrogen-bond donors (Lipinski definition) is 1. The molecule has 1 unspecified atom stereocenters. The van der Waals surface area contributed by atoms with Gasteiger partial charge in [0.15, 0.2) is 0 Å². The molecule has 124 valence electrons. The van der Waals surface area contributed by atoms with E-state index < -0.39 is 20.8 Å². The van der Waals surface area contributed by atoms with Crippen molar-refractivity contribution >= 4 is 37.4 Å². The third-order valence-electron chi connectivity index (χ3n) is 3.51. The number of sulfonamides is 1. The van der Waals surface area contributed by atoms with Gasteiger partial charge in [-0.05, 0) is 35.9 Å². The molecule has 0 fully saturated rings. The molecule has 7 heteroatoms. The number of fused-ring (bicyclic) bond motifs is 1. The summed E-state index contributed by atoms with van der Waals surface area (Å²) in [4.78, 5) is 4.35. The van der Waals surface area contributed by atoms with Crippen LogP contribution < -0.4 is 4.72 Å². The van der Waals surface area contributed by atoms with Gasteiger partial charge in [-0.25, -0.2) is 8.42 Å². The number of rotatable bonds is 5. The summed E-state index contributed by atoms with van der Waals surface area (Å²) in [5.74, 6) is 0.292. The maximum atomic E-state index is 12.7. The normalized spacial score (nSPS) is 12.9. The maximum absolute atomic E-state index is 12.7. The topological polar surface area (TPSA) is 76.1 Å².